The van der Waals surface area contributed by atoms with E-state index in [0.29, 0.717) is 11.4 Å². The highest BCUT2D eigenvalue weighted by Gasteiger charge is 2.25. The van der Waals surface area contributed by atoms with E-state index in [1.165, 1.54) is 0 Å². The average Bonchev–Trinajstić information content (AvgIpc) is 2.39. The lowest BCUT2D eigenvalue weighted by atomic mass is 9.85. The van der Waals surface area contributed by atoms with Crippen LogP contribution in [0.1, 0.15) is 25.7 Å². The van der Waals surface area contributed by atoms with E-state index in [1.807, 2.05) is 0 Å². The molecule has 3 N–H and O–H groups in total. The third kappa shape index (κ3) is 2.98. The van der Waals surface area contributed by atoms with Gasteiger partial charge in [-0.15, -0.1) is 0 Å². The van der Waals surface area contributed by atoms with E-state index >= 15 is 0 Å². The first-order valence-corrected chi connectivity index (χ1v) is 6.25. The molecule has 0 radical (unpaired) electrons. The maximum atomic E-state index is 12.1. The van der Waals surface area contributed by atoms with Crippen molar-refractivity contribution in [3.8, 4) is 5.75 Å². The summed E-state index contributed by atoms with van der Waals surface area (Å²) in [6, 6.07) is 1.87. The first-order chi connectivity index (χ1) is 8.70. The van der Waals surface area contributed by atoms with Crippen LogP contribution in [0.15, 0.2) is 18.5 Å². The second-order valence-electron chi connectivity index (χ2n) is 4.69. The van der Waals surface area contributed by atoms with Gasteiger partial charge in [0.25, 0.3) is 0 Å². The van der Waals surface area contributed by atoms with E-state index in [9.17, 15) is 4.79 Å². The van der Waals surface area contributed by atoms with Crippen LogP contribution in [0, 0.1) is 5.92 Å². The van der Waals surface area contributed by atoms with Gasteiger partial charge in [0.15, 0.2) is 0 Å². The monoisotopic (exact) mass is 249 g/mol. The zero-order chi connectivity index (χ0) is 13.0. The van der Waals surface area contributed by atoms with Crippen LogP contribution in [-0.4, -0.2) is 24.0 Å². The van der Waals surface area contributed by atoms with Crippen LogP contribution >= 0.6 is 0 Å². The summed E-state index contributed by atoms with van der Waals surface area (Å²) >= 11 is 0. The molecule has 98 valence electrons. The van der Waals surface area contributed by atoms with Gasteiger partial charge >= 0.3 is 0 Å². The molecule has 0 aromatic carbocycles. The fourth-order valence-electron chi connectivity index (χ4n) is 2.35. The highest BCUT2D eigenvalue weighted by molar-refractivity contribution is 5.93. The standard InChI is InChI=1S/C13H19N3O2/c1-18-12-5-6-15-8-11(12)16-13(17)9-3-2-4-10(14)7-9/h5-6,8-10H,2-4,7,14H2,1H3,(H,16,17). The molecule has 1 aromatic heterocycles. The lowest BCUT2D eigenvalue weighted by Crippen LogP contribution is -2.34. The van der Waals surface area contributed by atoms with E-state index in [1.54, 1.807) is 25.6 Å². The summed E-state index contributed by atoms with van der Waals surface area (Å²) < 4.78 is 5.18. The largest absolute Gasteiger partial charge is 0.494 e. The number of anilines is 1. The molecule has 0 spiro atoms. The van der Waals surface area contributed by atoms with Gasteiger partial charge in [0, 0.05) is 24.2 Å². The molecule has 5 heteroatoms. The van der Waals surface area contributed by atoms with Gasteiger partial charge in [-0.05, 0) is 19.3 Å². The molecular weight excluding hydrogens is 230 g/mol. The van der Waals surface area contributed by atoms with Gasteiger partial charge in [-0.1, -0.05) is 6.42 Å². The summed E-state index contributed by atoms with van der Waals surface area (Å²) in [5.74, 6) is 0.633. The quantitative estimate of drug-likeness (QED) is 0.852. The second kappa shape index (κ2) is 5.82. The molecule has 1 saturated carbocycles. The van der Waals surface area contributed by atoms with Crippen molar-refractivity contribution in [1.82, 2.24) is 4.98 Å². The summed E-state index contributed by atoms with van der Waals surface area (Å²) in [6.45, 7) is 0. The number of carbonyl (C=O) groups excluding carboxylic acids is 1. The average molecular weight is 249 g/mol. The molecule has 2 atom stereocenters. The van der Waals surface area contributed by atoms with Crippen molar-refractivity contribution in [3.63, 3.8) is 0 Å². The Kier molecular flexibility index (Phi) is 4.15. The topological polar surface area (TPSA) is 77.2 Å². The Morgan fingerprint density at radius 2 is 2.39 bits per heavy atom. The fourth-order valence-corrected chi connectivity index (χ4v) is 2.35. The Bertz CT molecular complexity index is 422. The Labute approximate surface area is 107 Å². The number of amides is 1. The number of hydrogen-bond acceptors (Lipinski definition) is 4. The number of pyridine rings is 1. The summed E-state index contributed by atoms with van der Waals surface area (Å²) in [5.41, 5.74) is 6.51. The molecule has 1 amide bonds. The number of carbonyl (C=O) groups is 1. The van der Waals surface area contributed by atoms with Gasteiger partial charge in [0.05, 0.1) is 13.3 Å². The van der Waals surface area contributed by atoms with Crippen molar-refractivity contribution in [2.75, 3.05) is 12.4 Å². The van der Waals surface area contributed by atoms with Gasteiger partial charge in [0.1, 0.15) is 11.4 Å². The molecule has 1 fully saturated rings. The molecule has 1 aliphatic carbocycles. The number of nitrogens with one attached hydrogen (secondary N) is 1. The van der Waals surface area contributed by atoms with Crippen LogP contribution in [0.5, 0.6) is 5.75 Å². The molecule has 2 unspecified atom stereocenters. The van der Waals surface area contributed by atoms with E-state index < -0.39 is 0 Å². The van der Waals surface area contributed by atoms with Crippen molar-refractivity contribution in [3.05, 3.63) is 18.5 Å². The number of ether oxygens (including phenoxy) is 1. The molecule has 2 rings (SSSR count). The van der Waals surface area contributed by atoms with Crippen LogP contribution in [-0.2, 0) is 4.79 Å². The Hall–Kier alpha value is -1.62. The van der Waals surface area contributed by atoms with Crippen molar-refractivity contribution in [1.29, 1.82) is 0 Å². The van der Waals surface area contributed by atoms with E-state index in [4.69, 9.17) is 10.5 Å². The lowest BCUT2D eigenvalue weighted by molar-refractivity contribution is -0.120. The molecule has 1 heterocycles. The molecule has 18 heavy (non-hydrogen) atoms. The van der Waals surface area contributed by atoms with Crippen LogP contribution < -0.4 is 15.8 Å². The van der Waals surface area contributed by atoms with Gasteiger partial charge in [-0.25, -0.2) is 0 Å². The number of methoxy groups -OCH3 is 1. The minimum atomic E-state index is -0.00124. The van der Waals surface area contributed by atoms with Crippen LogP contribution in [0.4, 0.5) is 5.69 Å². The highest BCUT2D eigenvalue weighted by atomic mass is 16.5. The van der Waals surface area contributed by atoms with Crippen molar-refractivity contribution >= 4 is 11.6 Å². The Balaban J connectivity index is 2.02. The van der Waals surface area contributed by atoms with Crippen LogP contribution in [0.2, 0.25) is 0 Å². The molecule has 0 bridgehead atoms. The number of aromatic nitrogens is 1. The van der Waals surface area contributed by atoms with Crippen LogP contribution in [0.25, 0.3) is 0 Å². The number of hydrogen-bond donors (Lipinski definition) is 2. The van der Waals surface area contributed by atoms with Gasteiger partial charge < -0.3 is 15.8 Å². The molecule has 0 aliphatic heterocycles. The predicted molar refractivity (Wildman–Crippen MR) is 69.4 cm³/mol. The van der Waals surface area contributed by atoms with Gasteiger partial charge in [-0.3, -0.25) is 9.78 Å². The zero-order valence-electron chi connectivity index (χ0n) is 10.6. The van der Waals surface area contributed by atoms with Crippen molar-refractivity contribution < 1.29 is 9.53 Å². The number of nitrogens with zero attached hydrogens (tertiary/aromatic N) is 1. The maximum absolute atomic E-state index is 12.1. The van der Waals surface area contributed by atoms with Crippen molar-refractivity contribution in [2.24, 2.45) is 11.7 Å². The minimum Gasteiger partial charge on any atom is -0.494 e. The molecule has 1 aliphatic rings. The van der Waals surface area contributed by atoms with Gasteiger partial charge in [-0.2, -0.15) is 0 Å². The Morgan fingerprint density at radius 3 is 3.11 bits per heavy atom. The fraction of sp³-hybridized carbons (Fsp3) is 0.538. The lowest BCUT2D eigenvalue weighted by Gasteiger charge is -2.25. The summed E-state index contributed by atoms with van der Waals surface area (Å²) in [7, 11) is 1.57. The molecule has 5 nitrogen and oxygen atoms in total. The first kappa shape index (κ1) is 12.8. The van der Waals surface area contributed by atoms with Crippen LogP contribution in [0.3, 0.4) is 0 Å². The van der Waals surface area contributed by atoms with E-state index in [2.05, 4.69) is 10.3 Å². The third-order valence-electron chi connectivity index (χ3n) is 3.34. The summed E-state index contributed by atoms with van der Waals surface area (Å²) in [4.78, 5) is 16.1. The normalized spacial score (nSPS) is 23.4. The minimum absolute atomic E-state index is 0.00124. The predicted octanol–water partition coefficient (Wildman–Crippen LogP) is 1.55. The van der Waals surface area contributed by atoms with Crippen molar-refractivity contribution in [2.45, 2.75) is 31.7 Å². The summed E-state index contributed by atoms with van der Waals surface area (Å²) in [6.07, 6.45) is 6.92. The third-order valence-corrected chi connectivity index (χ3v) is 3.34. The summed E-state index contributed by atoms with van der Waals surface area (Å²) in [5, 5.41) is 2.87. The van der Waals surface area contributed by atoms with Gasteiger partial charge in [0.2, 0.25) is 5.91 Å². The smallest absolute Gasteiger partial charge is 0.227 e. The molecule has 0 saturated heterocycles. The SMILES string of the molecule is COc1ccncc1NC(=O)C1CCCC(N)C1. The number of nitrogens with two attached hydrogens (primary N) is 1. The number of rotatable bonds is 3. The molecule has 1 aromatic rings. The molecular formula is C13H19N3O2. The second-order valence-corrected chi connectivity index (χ2v) is 4.69. The first-order valence-electron chi connectivity index (χ1n) is 6.25. The highest BCUT2D eigenvalue weighted by Crippen LogP contribution is 2.27. The van der Waals surface area contributed by atoms with E-state index in [0.717, 1.165) is 25.7 Å². The maximum Gasteiger partial charge on any atom is 0.227 e. The van der Waals surface area contributed by atoms with E-state index in [-0.39, 0.29) is 17.9 Å². The zero-order valence-corrected chi connectivity index (χ0v) is 10.6. The Morgan fingerprint density at radius 1 is 1.56 bits per heavy atom.